The van der Waals surface area contributed by atoms with Crippen LogP contribution in [0.1, 0.15) is 42.4 Å². The van der Waals surface area contributed by atoms with Gasteiger partial charge in [0, 0.05) is 17.3 Å². The van der Waals surface area contributed by atoms with Gasteiger partial charge in [0.1, 0.15) is 5.82 Å². The molecule has 21 heavy (non-hydrogen) atoms. The van der Waals surface area contributed by atoms with Crippen molar-refractivity contribution in [1.82, 2.24) is 15.1 Å². The van der Waals surface area contributed by atoms with Crippen LogP contribution in [-0.4, -0.2) is 16.3 Å². The number of aryl methyl sites for hydroxylation is 1. The summed E-state index contributed by atoms with van der Waals surface area (Å²) in [6.45, 7) is 9.80. The molecule has 0 bridgehead atoms. The van der Waals surface area contributed by atoms with Gasteiger partial charge < -0.3 is 5.32 Å². The predicted octanol–water partition coefficient (Wildman–Crippen LogP) is 4.12. The molecule has 1 aromatic heterocycles. The fourth-order valence-electron chi connectivity index (χ4n) is 2.73. The van der Waals surface area contributed by atoms with Gasteiger partial charge in [-0.15, -0.1) is 0 Å². The number of benzene rings is 1. The minimum Gasteiger partial charge on any atom is -0.310 e. The molecule has 1 N–H and O–H groups in total. The van der Waals surface area contributed by atoms with Crippen LogP contribution in [0.25, 0.3) is 0 Å². The van der Waals surface area contributed by atoms with Crippen LogP contribution >= 0.6 is 15.9 Å². The van der Waals surface area contributed by atoms with Crippen molar-refractivity contribution < 1.29 is 4.39 Å². The van der Waals surface area contributed by atoms with E-state index >= 15 is 0 Å². The third-order valence-corrected chi connectivity index (χ3v) is 4.62. The second-order valence-corrected chi connectivity index (χ2v) is 6.03. The van der Waals surface area contributed by atoms with Crippen molar-refractivity contribution in [3.63, 3.8) is 0 Å². The molecule has 1 aromatic carbocycles. The highest BCUT2D eigenvalue weighted by Gasteiger charge is 2.17. The number of halogens is 2. The van der Waals surface area contributed by atoms with Crippen molar-refractivity contribution in [2.45, 2.75) is 40.3 Å². The zero-order valence-electron chi connectivity index (χ0n) is 12.9. The molecule has 1 atom stereocenters. The maximum Gasteiger partial charge on any atom is 0.137 e. The van der Waals surface area contributed by atoms with E-state index in [4.69, 9.17) is 0 Å². The number of aromatic nitrogens is 2. The summed E-state index contributed by atoms with van der Waals surface area (Å²) in [7, 11) is 0. The van der Waals surface area contributed by atoms with E-state index in [0.717, 1.165) is 23.5 Å². The SMILES string of the molecule is CCNC(C)c1c(C)nn(Cc2cccc(F)c2Br)c1C. The van der Waals surface area contributed by atoms with Crippen molar-refractivity contribution in [3.05, 3.63) is 51.0 Å². The van der Waals surface area contributed by atoms with E-state index in [1.165, 1.54) is 11.6 Å². The van der Waals surface area contributed by atoms with Crippen LogP contribution in [0.15, 0.2) is 22.7 Å². The summed E-state index contributed by atoms with van der Waals surface area (Å²) >= 11 is 3.31. The lowest BCUT2D eigenvalue weighted by atomic mass is 10.1. The first kappa shape index (κ1) is 16.2. The molecule has 0 aliphatic rings. The van der Waals surface area contributed by atoms with Crippen LogP contribution in [0.2, 0.25) is 0 Å². The lowest BCUT2D eigenvalue weighted by Gasteiger charge is -2.13. The van der Waals surface area contributed by atoms with Gasteiger partial charge in [-0.2, -0.15) is 5.10 Å². The van der Waals surface area contributed by atoms with Crippen LogP contribution in [0, 0.1) is 19.7 Å². The van der Waals surface area contributed by atoms with E-state index in [0.29, 0.717) is 11.0 Å². The molecular formula is C16H21BrFN3. The summed E-state index contributed by atoms with van der Waals surface area (Å²) in [6, 6.07) is 5.35. The molecule has 2 rings (SSSR count). The van der Waals surface area contributed by atoms with E-state index in [2.05, 4.69) is 47.1 Å². The monoisotopic (exact) mass is 353 g/mol. The molecule has 1 unspecified atom stereocenters. The normalized spacial score (nSPS) is 12.7. The Morgan fingerprint density at radius 1 is 1.38 bits per heavy atom. The zero-order valence-corrected chi connectivity index (χ0v) is 14.5. The third-order valence-electron chi connectivity index (χ3n) is 3.73. The minimum atomic E-state index is -0.240. The highest BCUT2D eigenvalue weighted by atomic mass is 79.9. The smallest absolute Gasteiger partial charge is 0.137 e. The maximum absolute atomic E-state index is 13.6. The minimum absolute atomic E-state index is 0.240. The van der Waals surface area contributed by atoms with Crippen molar-refractivity contribution in [1.29, 1.82) is 0 Å². The Morgan fingerprint density at radius 3 is 2.76 bits per heavy atom. The topological polar surface area (TPSA) is 29.9 Å². The highest BCUT2D eigenvalue weighted by Crippen LogP contribution is 2.25. The zero-order chi connectivity index (χ0) is 15.6. The summed E-state index contributed by atoms with van der Waals surface area (Å²) in [4.78, 5) is 0. The van der Waals surface area contributed by atoms with E-state index in [-0.39, 0.29) is 11.9 Å². The summed E-state index contributed by atoms with van der Waals surface area (Å²) in [5.41, 5.74) is 4.26. The van der Waals surface area contributed by atoms with E-state index in [1.807, 2.05) is 17.7 Å². The Labute approximate surface area is 133 Å². The van der Waals surface area contributed by atoms with Crippen LogP contribution < -0.4 is 5.32 Å². The maximum atomic E-state index is 13.6. The van der Waals surface area contributed by atoms with Crippen molar-refractivity contribution in [3.8, 4) is 0 Å². The molecule has 0 spiro atoms. The van der Waals surface area contributed by atoms with Crippen LogP contribution in [-0.2, 0) is 6.54 Å². The Bertz CT molecular complexity index is 637. The van der Waals surface area contributed by atoms with Gasteiger partial charge in [0.05, 0.1) is 16.7 Å². The second-order valence-electron chi connectivity index (χ2n) is 5.23. The Morgan fingerprint density at radius 2 is 2.10 bits per heavy atom. The van der Waals surface area contributed by atoms with Crippen molar-refractivity contribution in [2.75, 3.05) is 6.54 Å². The first-order chi connectivity index (χ1) is 9.95. The molecule has 0 aliphatic heterocycles. The first-order valence-corrected chi connectivity index (χ1v) is 7.95. The number of hydrogen-bond donors (Lipinski definition) is 1. The number of nitrogens with one attached hydrogen (secondary N) is 1. The van der Waals surface area contributed by atoms with Gasteiger partial charge >= 0.3 is 0 Å². The summed E-state index contributed by atoms with van der Waals surface area (Å²) in [6.07, 6.45) is 0. The predicted molar refractivity (Wildman–Crippen MR) is 87.0 cm³/mol. The average Bonchev–Trinajstić information content (AvgIpc) is 2.70. The summed E-state index contributed by atoms with van der Waals surface area (Å²) in [5.74, 6) is -0.240. The molecule has 0 amide bonds. The summed E-state index contributed by atoms with van der Waals surface area (Å²) in [5, 5.41) is 8.03. The van der Waals surface area contributed by atoms with Gasteiger partial charge in [0.25, 0.3) is 0 Å². The number of rotatable bonds is 5. The molecule has 0 saturated heterocycles. The third kappa shape index (κ3) is 3.35. The molecule has 1 heterocycles. The second kappa shape index (κ2) is 6.71. The van der Waals surface area contributed by atoms with Crippen LogP contribution in [0.5, 0.6) is 0 Å². The highest BCUT2D eigenvalue weighted by molar-refractivity contribution is 9.10. The molecular weight excluding hydrogens is 333 g/mol. The first-order valence-electron chi connectivity index (χ1n) is 7.15. The molecule has 0 radical (unpaired) electrons. The largest absolute Gasteiger partial charge is 0.310 e. The van der Waals surface area contributed by atoms with Gasteiger partial charge in [0.2, 0.25) is 0 Å². The Balaban J connectivity index is 2.34. The van der Waals surface area contributed by atoms with Crippen molar-refractivity contribution in [2.24, 2.45) is 0 Å². The van der Waals surface area contributed by atoms with Crippen molar-refractivity contribution >= 4 is 15.9 Å². The Kier molecular flexibility index (Phi) is 5.17. The van der Waals surface area contributed by atoms with Gasteiger partial charge in [0.15, 0.2) is 0 Å². The lowest BCUT2D eigenvalue weighted by molar-refractivity contribution is 0.587. The van der Waals surface area contributed by atoms with Gasteiger partial charge in [-0.1, -0.05) is 19.1 Å². The molecule has 0 saturated carbocycles. The molecule has 114 valence electrons. The Hall–Kier alpha value is -1.20. The summed E-state index contributed by atoms with van der Waals surface area (Å²) < 4.78 is 16.1. The fourth-order valence-corrected chi connectivity index (χ4v) is 3.12. The number of hydrogen-bond acceptors (Lipinski definition) is 2. The van der Waals surface area contributed by atoms with Gasteiger partial charge in [-0.25, -0.2) is 4.39 Å². The van der Waals surface area contributed by atoms with Gasteiger partial charge in [-0.05, 0) is 54.9 Å². The average molecular weight is 354 g/mol. The van der Waals surface area contributed by atoms with E-state index < -0.39 is 0 Å². The number of nitrogens with zero attached hydrogens (tertiary/aromatic N) is 2. The quantitative estimate of drug-likeness (QED) is 0.875. The molecule has 3 nitrogen and oxygen atoms in total. The fraction of sp³-hybridized carbons (Fsp3) is 0.438. The lowest BCUT2D eigenvalue weighted by Crippen LogP contribution is -2.19. The molecule has 0 aliphatic carbocycles. The van der Waals surface area contributed by atoms with Crippen LogP contribution in [0.4, 0.5) is 4.39 Å². The van der Waals surface area contributed by atoms with E-state index in [9.17, 15) is 4.39 Å². The van der Waals surface area contributed by atoms with E-state index in [1.54, 1.807) is 6.07 Å². The molecule has 0 fully saturated rings. The molecule has 5 heteroatoms. The molecule has 2 aromatic rings. The standard InChI is InChI=1S/C16H21BrFN3/c1-5-19-10(2)15-11(3)20-21(12(15)4)9-13-7-6-8-14(18)16(13)17/h6-8,10,19H,5,9H2,1-4H3. The van der Waals surface area contributed by atoms with Crippen LogP contribution in [0.3, 0.4) is 0 Å². The van der Waals surface area contributed by atoms with Gasteiger partial charge in [-0.3, -0.25) is 4.68 Å².